The molecular weight excluding hydrogens is 410 g/mol. The number of aromatic nitrogens is 4. The predicted octanol–water partition coefficient (Wildman–Crippen LogP) is 2.88. The Bertz CT molecular complexity index is 1090. The monoisotopic (exact) mass is 439 g/mol. The number of nitrogens with one attached hydrogen (secondary N) is 1. The summed E-state index contributed by atoms with van der Waals surface area (Å²) in [6.45, 7) is 4.88. The number of pyridine rings is 2. The highest BCUT2D eigenvalue weighted by Gasteiger charge is 2.18. The zero-order valence-corrected chi connectivity index (χ0v) is 18.5. The molecule has 0 aliphatic carbocycles. The molecule has 0 amide bonds. The van der Waals surface area contributed by atoms with Gasteiger partial charge in [-0.15, -0.1) is 0 Å². The summed E-state index contributed by atoms with van der Waals surface area (Å²) in [6, 6.07) is 5.62. The Morgan fingerprint density at radius 2 is 2.09 bits per heavy atom. The third-order valence-electron chi connectivity index (χ3n) is 5.41. The van der Waals surface area contributed by atoms with E-state index in [0.29, 0.717) is 43.3 Å². The summed E-state index contributed by atoms with van der Waals surface area (Å²) in [4.78, 5) is 26.6. The molecule has 0 saturated carbocycles. The standard InChI is InChI=1S/C23H29N5O4/c1-3-9-31-11-8-28-19-12-17(16-6-7-20(30-2)24-13-16)14-25-21(19)27-22(23(28)29)26-15-18-5-4-10-32-18/h6-7,12-14,18H,3-5,8-11,15H2,1-2H3,(H,25,26,27)/t18-/m1/s1. The van der Waals surface area contributed by atoms with Crippen molar-refractivity contribution in [3.05, 3.63) is 40.9 Å². The summed E-state index contributed by atoms with van der Waals surface area (Å²) in [7, 11) is 1.58. The Balaban J connectivity index is 1.68. The molecule has 3 aromatic heterocycles. The maximum absolute atomic E-state index is 13.3. The van der Waals surface area contributed by atoms with Gasteiger partial charge in [0.15, 0.2) is 11.5 Å². The van der Waals surface area contributed by atoms with E-state index < -0.39 is 0 Å². The second-order valence-electron chi connectivity index (χ2n) is 7.70. The summed E-state index contributed by atoms with van der Waals surface area (Å²) < 4.78 is 18.1. The Morgan fingerprint density at radius 3 is 2.81 bits per heavy atom. The third-order valence-corrected chi connectivity index (χ3v) is 5.41. The molecule has 4 rings (SSSR count). The van der Waals surface area contributed by atoms with Gasteiger partial charge < -0.3 is 19.5 Å². The predicted molar refractivity (Wildman–Crippen MR) is 122 cm³/mol. The zero-order valence-electron chi connectivity index (χ0n) is 18.5. The minimum atomic E-state index is -0.192. The molecule has 32 heavy (non-hydrogen) atoms. The molecule has 1 fully saturated rings. The van der Waals surface area contributed by atoms with Crippen molar-refractivity contribution in [2.45, 2.75) is 38.8 Å². The van der Waals surface area contributed by atoms with Crippen LogP contribution in [0, 0.1) is 0 Å². The van der Waals surface area contributed by atoms with Gasteiger partial charge in [-0.2, -0.15) is 0 Å². The molecule has 1 aliphatic rings. The summed E-state index contributed by atoms with van der Waals surface area (Å²) >= 11 is 0. The summed E-state index contributed by atoms with van der Waals surface area (Å²) in [5, 5.41) is 3.17. The van der Waals surface area contributed by atoms with Gasteiger partial charge in [0.2, 0.25) is 5.88 Å². The van der Waals surface area contributed by atoms with Gasteiger partial charge in [-0.1, -0.05) is 6.92 Å². The Kier molecular flexibility index (Phi) is 7.28. The van der Waals surface area contributed by atoms with Crippen molar-refractivity contribution < 1.29 is 14.2 Å². The number of fused-ring (bicyclic) bond motifs is 1. The van der Waals surface area contributed by atoms with E-state index >= 15 is 0 Å². The first kappa shape index (κ1) is 22.2. The minimum absolute atomic E-state index is 0.103. The molecular formula is C23H29N5O4. The second kappa shape index (κ2) is 10.5. The van der Waals surface area contributed by atoms with Crippen LogP contribution >= 0.6 is 0 Å². The van der Waals surface area contributed by atoms with Crippen LogP contribution in [0.4, 0.5) is 5.82 Å². The lowest BCUT2D eigenvalue weighted by Crippen LogP contribution is -2.30. The summed E-state index contributed by atoms with van der Waals surface area (Å²) in [5.41, 5.74) is 2.69. The normalized spacial score (nSPS) is 15.9. The first-order valence-corrected chi connectivity index (χ1v) is 11.0. The van der Waals surface area contributed by atoms with E-state index in [2.05, 4.69) is 27.2 Å². The van der Waals surface area contributed by atoms with E-state index in [1.165, 1.54) is 0 Å². The van der Waals surface area contributed by atoms with E-state index in [1.54, 1.807) is 30.1 Å². The molecule has 0 spiro atoms. The van der Waals surface area contributed by atoms with E-state index in [9.17, 15) is 4.79 Å². The number of nitrogens with zero attached hydrogens (tertiary/aromatic N) is 4. The van der Waals surface area contributed by atoms with Crippen LogP contribution in [0.25, 0.3) is 22.3 Å². The third kappa shape index (κ3) is 5.05. The highest BCUT2D eigenvalue weighted by Crippen LogP contribution is 2.23. The van der Waals surface area contributed by atoms with Crippen molar-refractivity contribution in [3.63, 3.8) is 0 Å². The molecule has 0 aromatic carbocycles. The van der Waals surface area contributed by atoms with Crippen LogP contribution in [0.15, 0.2) is 35.4 Å². The van der Waals surface area contributed by atoms with E-state index in [-0.39, 0.29) is 17.5 Å². The molecule has 0 radical (unpaired) electrons. The fourth-order valence-electron chi connectivity index (χ4n) is 3.71. The van der Waals surface area contributed by atoms with Crippen LogP contribution in [-0.2, 0) is 16.0 Å². The molecule has 9 heteroatoms. The van der Waals surface area contributed by atoms with Gasteiger partial charge in [-0.25, -0.2) is 15.0 Å². The fraction of sp³-hybridized carbons (Fsp3) is 0.478. The van der Waals surface area contributed by atoms with Crippen LogP contribution in [0.5, 0.6) is 5.88 Å². The number of hydrogen-bond acceptors (Lipinski definition) is 8. The van der Waals surface area contributed by atoms with Gasteiger partial charge in [0.05, 0.1) is 25.3 Å². The van der Waals surface area contributed by atoms with Gasteiger partial charge in [0.1, 0.15) is 0 Å². The molecule has 9 nitrogen and oxygen atoms in total. The molecule has 170 valence electrons. The van der Waals surface area contributed by atoms with Crippen LogP contribution in [0.3, 0.4) is 0 Å². The topological polar surface area (TPSA) is 100 Å². The van der Waals surface area contributed by atoms with Gasteiger partial charge in [-0.05, 0) is 31.4 Å². The van der Waals surface area contributed by atoms with Crippen molar-refractivity contribution in [3.8, 4) is 17.0 Å². The van der Waals surface area contributed by atoms with E-state index in [1.807, 2.05) is 12.1 Å². The maximum atomic E-state index is 13.3. The smallest absolute Gasteiger partial charge is 0.293 e. The highest BCUT2D eigenvalue weighted by molar-refractivity contribution is 5.78. The fourth-order valence-corrected chi connectivity index (χ4v) is 3.71. The molecule has 0 bridgehead atoms. The van der Waals surface area contributed by atoms with Gasteiger partial charge >= 0.3 is 0 Å². The number of ether oxygens (including phenoxy) is 3. The molecule has 0 unspecified atom stereocenters. The summed E-state index contributed by atoms with van der Waals surface area (Å²) in [6.07, 6.45) is 6.52. The Hall–Kier alpha value is -3.04. The maximum Gasteiger partial charge on any atom is 0.293 e. The number of rotatable bonds is 10. The molecule has 4 heterocycles. The largest absolute Gasteiger partial charge is 0.481 e. The SMILES string of the molecule is CCCOCCn1c(=O)c(NC[C@H]2CCCO2)nc2ncc(-c3ccc(OC)nc3)cc21. The van der Waals surface area contributed by atoms with Crippen LogP contribution in [0.2, 0.25) is 0 Å². The average molecular weight is 440 g/mol. The summed E-state index contributed by atoms with van der Waals surface area (Å²) in [5.74, 6) is 0.825. The lowest BCUT2D eigenvalue weighted by Gasteiger charge is -2.15. The first-order chi connectivity index (χ1) is 15.7. The van der Waals surface area contributed by atoms with Crippen molar-refractivity contribution in [1.29, 1.82) is 0 Å². The van der Waals surface area contributed by atoms with Gasteiger partial charge in [0, 0.05) is 55.9 Å². The number of anilines is 1. The Morgan fingerprint density at radius 1 is 1.22 bits per heavy atom. The van der Waals surface area contributed by atoms with Crippen LogP contribution in [0.1, 0.15) is 26.2 Å². The molecule has 1 saturated heterocycles. The highest BCUT2D eigenvalue weighted by atomic mass is 16.5. The van der Waals surface area contributed by atoms with Crippen LogP contribution < -0.4 is 15.6 Å². The average Bonchev–Trinajstić information content (AvgIpc) is 3.35. The quantitative estimate of drug-likeness (QED) is 0.481. The second-order valence-corrected chi connectivity index (χ2v) is 7.70. The zero-order chi connectivity index (χ0) is 22.3. The Labute approximate surface area is 186 Å². The first-order valence-electron chi connectivity index (χ1n) is 11.0. The molecule has 1 N–H and O–H groups in total. The minimum Gasteiger partial charge on any atom is -0.481 e. The van der Waals surface area contributed by atoms with Crippen molar-refractivity contribution >= 4 is 17.0 Å². The van der Waals surface area contributed by atoms with E-state index in [4.69, 9.17) is 14.2 Å². The van der Waals surface area contributed by atoms with Crippen molar-refractivity contribution in [2.24, 2.45) is 0 Å². The molecule has 1 aliphatic heterocycles. The van der Waals surface area contributed by atoms with Crippen molar-refractivity contribution in [2.75, 3.05) is 38.8 Å². The lowest BCUT2D eigenvalue weighted by molar-refractivity contribution is 0.120. The van der Waals surface area contributed by atoms with Gasteiger partial charge in [0.25, 0.3) is 5.56 Å². The number of methoxy groups -OCH3 is 1. The lowest BCUT2D eigenvalue weighted by atomic mass is 10.1. The number of hydrogen-bond donors (Lipinski definition) is 1. The van der Waals surface area contributed by atoms with Crippen LogP contribution in [-0.4, -0.2) is 59.1 Å². The van der Waals surface area contributed by atoms with E-state index in [0.717, 1.165) is 37.0 Å². The van der Waals surface area contributed by atoms with Crippen molar-refractivity contribution in [1.82, 2.24) is 19.5 Å². The van der Waals surface area contributed by atoms with Gasteiger partial charge in [-0.3, -0.25) is 9.36 Å². The molecule has 3 aromatic rings. The molecule has 1 atom stereocenters.